The summed E-state index contributed by atoms with van der Waals surface area (Å²) in [6.07, 6.45) is 2.51. The molecule has 2 rings (SSSR count). The summed E-state index contributed by atoms with van der Waals surface area (Å²) in [5, 5.41) is 5.03. The molecule has 7 heteroatoms. The molecule has 0 saturated heterocycles. The summed E-state index contributed by atoms with van der Waals surface area (Å²) in [6, 6.07) is 5.10. The summed E-state index contributed by atoms with van der Waals surface area (Å²) in [5.41, 5.74) is 5.75. The summed E-state index contributed by atoms with van der Waals surface area (Å²) < 4.78 is 27.9. The number of hydrogen-bond acceptors (Lipinski definition) is 5. The van der Waals surface area contributed by atoms with Crippen LogP contribution in [0.15, 0.2) is 23.1 Å². The average Bonchev–Trinajstić information content (AvgIpc) is 3.10. The molecule has 1 fully saturated rings. The standard InChI is InChI=1S/C12H19N3O3S/c1-15(9-2-3-9)6-7-18-10-4-5-12(11(13)8-10)19(14,16)17/h4-5,8-9H,2-3,6-7,13H2,1H3,(H2,14,16,17). The Hall–Kier alpha value is -1.31. The first kappa shape index (κ1) is 14.1. The molecule has 0 spiro atoms. The zero-order chi connectivity index (χ0) is 14.0. The van der Waals surface area contributed by atoms with Crippen LogP contribution in [0.2, 0.25) is 0 Å². The van der Waals surface area contributed by atoms with Crippen LogP contribution in [0.1, 0.15) is 12.8 Å². The Bertz CT molecular complexity index is 555. The number of nitrogens with zero attached hydrogens (tertiary/aromatic N) is 1. The highest BCUT2D eigenvalue weighted by Gasteiger charge is 2.25. The van der Waals surface area contributed by atoms with Crippen LogP contribution in [0.3, 0.4) is 0 Å². The largest absolute Gasteiger partial charge is 0.492 e. The van der Waals surface area contributed by atoms with Crippen LogP contribution in [-0.4, -0.2) is 39.6 Å². The zero-order valence-electron chi connectivity index (χ0n) is 10.9. The van der Waals surface area contributed by atoms with Crippen molar-refractivity contribution in [1.82, 2.24) is 4.90 Å². The molecular formula is C12H19N3O3S. The second-order valence-electron chi connectivity index (χ2n) is 4.80. The fraction of sp³-hybridized carbons (Fsp3) is 0.500. The highest BCUT2D eigenvalue weighted by molar-refractivity contribution is 7.89. The summed E-state index contributed by atoms with van der Waals surface area (Å²) in [4.78, 5) is 2.18. The van der Waals surface area contributed by atoms with Gasteiger partial charge in [-0.1, -0.05) is 0 Å². The van der Waals surface area contributed by atoms with Gasteiger partial charge in [0, 0.05) is 18.7 Å². The van der Waals surface area contributed by atoms with E-state index in [-0.39, 0.29) is 10.6 Å². The number of hydrogen-bond donors (Lipinski definition) is 2. The highest BCUT2D eigenvalue weighted by atomic mass is 32.2. The number of primary sulfonamides is 1. The van der Waals surface area contributed by atoms with Crippen molar-refractivity contribution >= 4 is 15.7 Å². The Balaban J connectivity index is 1.92. The van der Waals surface area contributed by atoms with E-state index in [1.807, 2.05) is 0 Å². The molecule has 1 saturated carbocycles. The van der Waals surface area contributed by atoms with Crippen LogP contribution in [-0.2, 0) is 10.0 Å². The molecule has 1 aliphatic rings. The van der Waals surface area contributed by atoms with Gasteiger partial charge in [0.05, 0.1) is 5.69 Å². The Morgan fingerprint density at radius 1 is 1.42 bits per heavy atom. The number of nitrogen functional groups attached to an aromatic ring is 1. The van der Waals surface area contributed by atoms with Gasteiger partial charge in [-0.2, -0.15) is 0 Å². The van der Waals surface area contributed by atoms with Crippen LogP contribution >= 0.6 is 0 Å². The van der Waals surface area contributed by atoms with Gasteiger partial charge in [0.25, 0.3) is 0 Å². The smallest absolute Gasteiger partial charge is 0.240 e. The molecule has 1 aromatic carbocycles. The average molecular weight is 285 g/mol. The maximum Gasteiger partial charge on any atom is 0.240 e. The lowest BCUT2D eigenvalue weighted by Gasteiger charge is -2.16. The second kappa shape index (κ2) is 5.36. The predicted octanol–water partition coefficient (Wildman–Crippen LogP) is 0.389. The summed E-state index contributed by atoms with van der Waals surface area (Å²) >= 11 is 0. The van der Waals surface area contributed by atoms with Crippen LogP contribution < -0.4 is 15.6 Å². The molecule has 0 heterocycles. The Labute approximate surface area is 113 Å². The monoisotopic (exact) mass is 285 g/mol. The van der Waals surface area contributed by atoms with Crippen LogP contribution in [0.4, 0.5) is 5.69 Å². The third-order valence-corrected chi connectivity index (χ3v) is 4.16. The molecule has 6 nitrogen and oxygen atoms in total. The van der Waals surface area contributed by atoms with E-state index in [0.29, 0.717) is 18.4 Å². The quantitative estimate of drug-likeness (QED) is 0.737. The van der Waals surface area contributed by atoms with Gasteiger partial charge >= 0.3 is 0 Å². The second-order valence-corrected chi connectivity index (χ2v) is 6.33. The first-order valence-electron chi connectivity index (χ1n) is 6.13. The van der Waals surface area contributed by atoms with Crippen molar-refractivity contribution in [3.63, 3.8) is 0 Å². The van der Waals surface area contributed by atoms with E-state index in [1.54, 1.807) is 6.07 Å². The topological polar surface area (TPSA) is 98.6 Å². The fourth-order valence-electron chi connectivity index (χ4n) is 1.88. The van der Waals surface area contributed by atoms with Crippen molar-refractivity contribution in [3.05, 3.63) is 18.2 Å². The molecule has 19 heavy (non-hydrogen) atoms. The van der Waals surface area contributed by atoms with Gasteiger partial charge in [0.15, 0.2) is 0 Å². The molecule has 4 N–H and O–H groups in total. The van der Waals surface area contributed by atoms with Crippen molar-refractivity contribution in [3.8, 4) is 5.75 Å². The molecular weight excluding hydrogens is 266 g/mol. The zero-order valence-corrected chi connectivity index (χ0v) is 11.7. The number of benzene rings is 1. The van der Waals surface area contributed by atoms with E-state index < -0.39 is 10.0 Å². The van der Waals surface area contributed by atoms with E-state index in [0.717, 1.165) is 6.54 Å². The first-order valence-corrected chi connectivity index (χ1v) is 7.68. The maximum absolute atomic E-state index is 11.2. The molecule has 0 amide bonds. The maximum atomic E-state index is 11.2. The molecule has 0 unspecified atom stereocenters. The Morgan fingerprint density at radius 2 is 2.11 bits per heavy atom. The third-order valence-electron chi connectivity index (χ3n) is 3.17. The van der Waals surface area contributed by atoms with Gasteiger partial charge in [0.2, 0.25) is 10.0 Å². The minimum atomic E-state index is -3.78. The first-order chi connectivity index (χ1) is 8.88. The lowest BCUT2D eigenvalue weighted by molar-refractivity contribution is 0.232. The third kappa shape index (κ3) is 3.82. The van der Waals surface area contributed by atoms with Crippen LogP contribution in [0, 0.1) is 0 Å². The lowest BCUT2D eigenvalue weighted by Crippen LogP contribution is -2.26. The molecule has 0 atom stereocenters. The minimum Gasteiger partial charge on any atom is -0.492 e. The van der Waals surface area contributed by atoms with Gasteiger partial charge in [-0.25, -0.2) is 13.6 Å². The van der Waals surface area contributed by atoms with E-state index in [9.17, 15) is 8.42 Å². The number of ether oxygens (including phenoxy) is 1. The number of rotatable bonds is 6. The highest BCUT2D eigenvalue weighted by Crippen LogP contribution is 2.25. The molecule has 106 valence electrons. The molecule has 0 aliphatic heterocycles. The molecule has 0 radical (unpaired) electrons. The van der Waals surface area contributed by atoms with Crippen molar-refractivity contribution in [2.75, 3.05) is 25.9 Å². The number of nitrogens with two attached hydrogens (primary N) is 2. The van der Waals surface area contributed by atoms with E-state index >= 15 is 0 Å². The number of likely N-dealkylation sites (N-methyl/N-ethyl adjacent to an activating group) is 1. The molecule has 1 aliphatic carbocycles. The Morgan fingerprint density at radius 3 is 2.63 bits per heavy atom. The van der Waals surface area contributed by atoms with Gasteiger partial charge < -0.3 is 15.4 Å². The SMILES string of the molecule is CN(CCOc1ccc(S(N)(=O)=O)c(N)c1)C1CC1. The van der Waals surface area contributed by atoms with Gasteiger partial charge in [-0.05, 0) is 32.0 Å². The van der Waals surface area contributed by atoms with E-state index in [1.165, 1.54) is 25.0 Å². The van der Waals surface area contributed by atoms with Gasteiger partial charge in [0.1, 0.15) is 17.3 Å². The van der Waals surface area contributed by atoms with E-state index in [4.69, 9.17) is 15.6 Å². The van der Waals surface area contributed by atoms with Crippen LogP contribution in [0.25, 0.3) is 0 Å². The van der Waals surface area contributed by atoms with Crippen molar-refractivity contribution in [1.29, 1.82) is 0 Å². The van der Waals surface area contributed by atoms with Gasteiger partial charge in [-0.3, -0.25) is 0 Å². The van der Waals surface area contributed by atoms with Crippen molar-refractivity contribution in [2.45, 2.75) is 23.8 Å². The molecule has 0 bridgehead atoms. The van der Waals surface area contributed by atoms with Crippen molar-refractivity contribution in [2.24, 2.45) is 5.14 Å². The Kier molecular flexibility index (Phi) is 3.98. The molecule has 0 aromatic heterocycles. The molecule has 1 aromatic rings. The van der Waals surface area contributed by atoms with E-state index in [2.05, 4.69) is 11.9 Å². The minimum absolute atomic E-state index is 0.0741. The number of anilines is 1. The van der Waals surface area contributed by atoms with Crippen LogP contribution in [0.5, 0.6) is 5.75 Å². The number of sulfonamides is 1. The fourth-order valence-corrected chi connectivity index (χ4v) is 2.53. The lowest BCUT2D eigenvalue weighted by atomic mass is 10.3. The van der Waals surface area contributed by atoms with Crippen molar-refractivity contribution < 1.29 is 13.2 Å². The summed E-state index contributed by atoms with van der Waals surface area (Å²) in [6.45, 7) is 1.38. The summed E-state index contributed by atoms with van der Waals surface area (Å²) in [7, 11) is -1.71. The summed E-state index contributed by atoms with van der Waals surface area (Å²) in [5.74, 6) is 0.550. The van der Waals surface area contributed by atoms with Gasteiger partial charge in [-0.15, -0.1) is 0 Å². The normalized spacial score (nSPS) is 15.7. The predicted molar refractivity (Wildman–Crippen MR) is 73.4 cm³/mol.